The van der Waals surface area contributed by atoms with Crippen LogP contribution in [-0.2, 0) is 33.9 Å². The summed E-state index contributed by atoms with van der Waals surface area (Å²) in [6.45, 7) is 6.39. The van der Waals surface area contributed by atoms with Gasteiger partial charge in [-0.1, -0.05) is 17.7 Å². The third-order valence-electron chi connectivity index (χ3n) is 3.73. The molecule has 1 aromatic rings. The summed E-state index contributed by atoms with van der Waals surface area (Å²) in [6, 6.07) is 6.67. The van der Waals surface area contributed by atoms with E-state index in [0.29, 0.717) is 4.90 Å². The van der Waals surface area contributed by atoms with Crippen LogP contribution in [0.15, 0.2) is 29.2 Å². The highest BCUT2D eigenvalue weighted by Gasteiger charge is 2.76. The molecule has 1 saturated carbocycles. The Balaban J connectivity index is 2.59. The topological polar surface area (TPSA) is 78.9 Å². The third kappa shape index (κ3) is 3.75. The van der Waals surface area contributed by atoms with Crippen LogP contribution in [0.5, 0.6) is 0 Å². The second kappa shape index (κ2) is 8.12. The van der Waals surface area contributed by atoms with Gasteiger partial charge in [-0.05, 0) is 46.2 Å². The van der Waals surface area contributed by atoms with E-state index in [0.717, 1.165) is 5.56 Å². The van der Waals surface area contributed by atoms with E-state index in [1.807, 2.05) is 6.92 Å². The van der Waals surface area contributed by atoms with Gasteiger partial charge in [0.1, 0.15) is 0 Å². The summed E-state index contributed by atoms with van der Waals surface area (Å²) in [7, 11) is -6.26. The summed E-state index contributed by atoms with van der Waals surface area (Å²) < 4.78 is 59.1. The zero-order valence-electron chi connectivity index (χ0n) is 16.8. The van der Waals surface area contributed by atoms with Gasteiger partial charge in [-0.2, -0.15) is 0 Å². The lowest BCUT2D eigenvalue weighted by atomic mass is 10.2. The molecule has 8 heteroatoms. The zero-order valence-corrected chi connectivity index (χ0v) is 16.5. The van der Waals surface area contributed by atoms with Crippen LogP contribution in [0.2, 0.25) is 0 Å². The van der Waals surface area contributed by atoms with Gasteiger partial charge in [0.05, 0.1) is 35.9 Å². The van der Waals surface area contributed by atoms with Crippen LogP contribution in [0.25, 0.3) is 0 Å². The molecule has 0 aromatic heterocycles. The molecule has 0 bridgehead atoms. The normalized spacial score (nSPS) is 27.1. The van der Waals surface area contributed by atoms with Crippen molar-refractivity contribution < 1.29 is 30.1 Å². The fourth-order valence-electron chi connectivity index (χ4n) is 2.50. The minimum Gasteiger partial charge on any atom is -0.465 e. The Morgan fingerprint density at radius 2 is 1.80 bits per heavy atom. The molecule has 0 radical (unpaired) electrons. The fraction of sp³-hybridized carbons (Fsp3) is 0.588. The molecular formula is C17H25O6PS. The minimum atomic E-state index is -4.30. The second-order valence-electron chi connectivity index (χ2n) is 5.45. The van der Waals surface area contributed by atoms with E-state index < -0.39 is 41.1 Å². The largest absolute Gasteiger partial charge is 0.465 e. The Bertz CT molecular complexity index is 759. The van der Waals surface area contributed by atoms with Crippen molar-refractivity contribution in [2.24, 2.45) is 0 Å². The molecule has 0 aliphatic heterocycles. The molecule has 25 heavy (non-hydrogen) atoms. The Kier molecular flexibility index (Phi) is 5.66. The van der Waals surface area contributed by atoms with Crippen LogP contribution in [0.4, 0.5) is 0 Å². The average molecular weight is 390 g/mol. The SMILES string of the molecule is [2H]C1([2H])[C@H](S(=O)c2ccc(C)cc2)[C@@]1(C(=O)OCC)P(=O)(OCC)OCC. The molecule has 0 N–H and O–H groups in total. The van der Waals surface area contributed by atoms with Gasteiger partial charge in [0, 0.05) is 7.64 Å². The van der Waals surface area contributed by atoms with Crippen molar-refractivity contribution in [3.63, 3.8) is 0 Å². The number of hydrogen-bond donors (Lipinski definition) is 0. The summed E-state index contributed by atoms with van der Waals surface area (Å²) in [4.78, 5) is 13.1. The van der Waals surface area contributed by atoms with Gasteiger partial charge in [-0.25, -0.2) is 0 Å². The predicted octanol–water partition coefficient (Wildman–Crippen LogP) is 3.44. The molecule has 0 amide bonds. The number of aryl methyl sites for hydroxylation is 1. The Hall–Kier alpha value is -1.01. The summed E-state index contributed by atoms with van der Waals surface area (Å²) in [5, 5.41) is -3.67. The number of ether oxygens (including phenoxy) is 1. The van der Waals surface area contributed by atoms with Crippen LogP contribution in [0.1, 0.15) is 35.4 Å². The molecule has 0 spiro atoms. The monoisotopic (exact) mass is 390 g/mol. The molecule has 1 aromatic carbocycles. The lowest BCUT2D eigenvalue weighted by molar-refractivity contribution is -0.144. The Morgan fingerprint density at radius 1 is 1.24 bits per heavy atom. The molecule has 1 unspecified atom stereocenters. The molecule has 2 rings (SSSR count). The maximum absolute atomic E-state index is 13.5. The number of esters is 1. The number of carbonyl (C=O) groups is 1. The van der Waals surface area contributed by atoms with E-state index in [9.17, 15) is 13.6 Å². The van der Waals surface area contributed by atoms with Crippen molar-refractivity contribution in [3.05, 3.63) is 29.8 Å². The molecule has 0 heterocycles. The Morgan fingerprint density at radius 3 is 2.28 bits per heavy atom. The quantitative estimate of drug-likeness (QED) is 0.475. The lowest BCUT2D eigenvalue weighted by Gasteiger charge is -2.25. The first-order valence-electron chi connectivity index (χ1n) is 9.17. The summed E-state index contributed by atoms with van der Waals surface area (Å²) >= 11 is 0. The highest BCUT2D eigenvalue weighted by molar-refractivity contribution is 7.87. The van der Waals surface area contributed by atoms with Crippen molar-refractivity contribution in [2.45, 2.75) is 49.4 Å². The van der Waals surface area contributed by atoms with E-state index in [-0.39, 0.29) is 19.8 Å². The molecule has 1 fully saturated rings. The van der Waals surface area contributed by atoms with E-state index in [1.165, 1.54) is 0 Å². The maximum atomic E-state index is 13.5. The van der Waals surface area contributed by atoms with E-state index in [1.54, 1.807) is 45.0 Å². The molecule has 1 aliphatic carbocycles. The molecule has 0 saturated heterocycles. The van der Waals surface area contributed by atoms with Gasteiger partial charge in [-0.15, -0.1) is 0 Å². The van der Waals surface area contributed by atoms with Gasteiger partial charge < -0.3 is 13.8 Å². The van der Waals surface area contributed by atoms with Gasteiger partial charge in [0.15, 0.2) is 5.16 Å². The lowest BCUT2D eigenvalue weighted by Crippen LogP contribution is -2.32. The standard InChI is InChI=1S/C17H25O6PS/c1-5-21-16(18)17(24(19,22-6-2)23-7-3)12-15(17)25(20)14-10-8-13(4)9-11-14/h8-11,15H,5-7,12H2,1-4H3/t15-,17-,25?/m0/s1/i12D2. The van der Waals surface area contributed by atoms with Crippen LogP contribution >= 0.6 is 7.60 Å². The molecule has 1 aliphatic rings. The summed E-state index contributed by atoms with van der Waals surface area (Å²) in [6.07, 6.45) is -2.38. The third-order valence-corrected chi connectivity index (χ3v) is 8.17. The van der Waals surface area contributed by atoms with Crippen molar-refractivity contribution in [1.29, 1.82) is 0 Å². The Labute approximate surface area is 154 Å². The van der Waals surface area contributed by atoms with E-state index in [2.05, 4.69) is 0 Å². The molecule has 140 valence electrons. The number of benzene rings is 1. The van der Waals surface area contributed by atoms with Gasteiger partial charge in [-0.3, -0.25) is 13.6 Å². The minimum absolute atomic E-state index is 0.0429. The molecule has 6 nitrogen and oxygen atoms in total. The van der Waals surface area contributed by atoms with Crippen molar-refractivity contribution in [3.8, 4) is 0 Å². The van der Waals surface area contributed by atoms with Gasteiger partial charge >= 0.3 is 13.6 Å². The summed E-state index contributed by atoms with van der Waals surface area (Å²) in [5.41, 5.74) is 0.945. The van der Waals surface area contributed by atoms with Crippen molar-refractivity contribution in [1.82, 2.24) is 0 Å². The first-order valence-corrected chi connectivity index (χ1v) is 10.9. The average Bonchev–Trinajstić information content (AvgIpc) is 3.14. The number of carbonyl (C=O) groups excluding carboxylic acids is 1. The van der Waals surface area contributed by atoms with Gasteiger partial charge in [0.2, 0.25) is 0 Å². The van der Waals surface area contributed by atoms with Crippen LogP contribution < -0.4 is 0 Å². The highest BCUT2D eigenvalue weighted by Crippen LogP contribution is 2.73. The van der Waals surface area contributed by atoms with Crippen molar-refractivity contribution >= 4 is 24.4 Å². The first kappa shape index (κ1) is 17.4. The van der Waals surface area contributed by atoms with Crippen LogP contribution in [0, 0.1) is 6.92 Å². The van der Waals surface area contributed by atoms with Crippen molar-refractivity contribution in [2.75, 3.05) is 19.8 Å². The smallest absolute Gasteiger partial charge is 0.349 e. The molecule has 3 atom stereocenters. The number of hydrogen-bond acceptors (Lipinski definition) is 6. The second-order valence-corrected chi connectivity index (χ2v) is 9.21. The zero-order chi connectivity index (χ0) is 20.5. The van der Waals surface area contributed by atoms with E-state index >= 15 is 0 Å². The highest BCUT2D eigenvalue weighted by atomic mass is 32.2. The van der Waals surface area contributed by atoms with Gasteiger partial charge in [0.25, 0.3) is 0 Å². The number of rotatable bonds is 9. The predicted molar refractivity (Wildman–Crippen MR) is 96.2 cm³/mol. The van der Waals surface area contributed by atoms with E-state index in [4.69, 9.17) is 16.5 Å². The molecular weight excluding hydrogens is 363 g/mol. The fourth-order valence-corrected chi connectivity index (χ4v) is 6.66. The van der Waals surface area contributed by atoms with Crippen LogP contribution in [0.3, 0.4) is 0 Å². The summed E-state index contributed by atoms with van der Waals surface area (Å²) in [5.74, 6) is -1.05. The maximum Gasteiger partial charge on any atom is 0.349 e. The first-order chi connectivity index (χ1) is 12.6. The van der Waals surface area contributed by atoms with Crippen LogP contribution in [-0.4, -0.2) is 40.4 Å².